The van der Waals surface area contributed by atoms with Crippen molar-refractivity contribution in [2.45, 2.75) is 0 Å². The molecule has 0 radical (unpaired) electrons. The molecule has 2 amide bonds. The van der Waals surface area contributed by atoms with Gasteiger partial charge in [0.05, 0.1) is 0 Å². The standard InChI is InChI=1S/C12H7ClN2O2/c13-9-5-4-8-10-6(9)2-1-3-7(10)11(16)14-15-12(8)17/h1-5H,(H,14,16)(H,15,17). The van der Waals surface area contributed by atoms with Gasteiger partial charge in [0.15, 0.2) is 0 Å². The van der Waals surface area contributed by atoms with Crippen LogP contribution >= 0.6 is 11.6 Å². The van der Waals surface area contributed by atoms with Crippen molar-refractivity contribution in [3.63, 3.8) is 0 Å². The molecule has 0 unspecified atom stereocenters. The molecule has 2 aromatic carbocycles. The van der Waals surface area contributed by atoms with Gasteiger partial charge in [-0.2, -0.15) is 0 Å². The summed E-state index contributed by atoms with van der Waals surface area (Å²) < 4.78 is 0. The second-order valence-electron chi connectivity index (χ2n) is 3.73. The molecule has 4 nitrogen and oxygen atoms in total. The van der Waals surface area contributed by atoms with Gasteiger partial charge >= 0.3 is 0 Å². The highest BCUT2D eigenvalue weighted by atomic mass is 35.5. The second-order valence-corrected chi connectivity index (χ2v) is 4.14. The lowest BCUT2D eigenvalue weighted by Crippen LogP contribution is -2.39. The van der Waals surface area contributed by atoms with Crippen LogP contribution in [0.1, 0.15) is 20.7 Å². The maximum absolute atomic E-state index is 11.8. The Morgan fingerprint density at radius 3 is 2.24 bits per heavy atom. The van der Waals surface area contributed by atoms with E-state index in [9.17, 15) is 9.59 Å². The molecule has 5 heteroatoms. The first-order chi connectivity index (χ1) is 8.18. The van der Waals surface area contributed by atoms with Gasteiger partial charge in [-0.05, 0) is 18.2 Å². The molecular formula is C12H7ClN2O2. The monoisotopic (exact) mass is 246 g/mol. The Balaban J connectivity index is 2.53. The van der Waals surface area contributed by atoms with Crippen molar-refractivity contribution in [3.8, 4) is 0 Å². The van der Waals surface area contributed by atoms with Crippen molar-refractivity contribution >= 4 is 34.2 Å². The Morgan fingerprint density at radius 1 is 0.882 bits per heavy atom. The summed E-state index contributed by atoms with van der Waals surface area (Å²) in [7, 11) is 0. The summed E-state index contributed by atoms with van der Waals surface area (Å²) in [6.45, 7) is 0. The number of amides is 2. The predicted molar refractivity (Wildman–Crippen MR) is 63.9 cm³/mol. The zero-order valence-corrected chi connectivity index (χ0v) is 9.34. The van der Waals surface area contributed by atoms with Gasteiger partial charge in [0, 0.05) is 26.9 Å². The summed E-state index contributed by atoms with van der Waals surface area (Å²) in [4.78, 5) is 23.6. The van der Waals surface area contributed by atoms with Gasteiger partial charge in [-0.1, -0.05) is 23.7 Å². The molecule has 0 spiro atoms. The Kier molecular flexibility index (Phi) is 2.06. The number of rotatable bonds is 0. The molecule has 2 N–H and O–H groups in total. The molecule has 1 heterocycles. The number of nitrogens with one attached hydrogen (secondary N) is 2. The van der Waals surface area contributed by atoms with E-state index in [0.717, 1.165) is 0 Å². The van der Waals surface area contributed by atoms with Gasteiger partial charge in [0.25, 0.3) is 11.8 Å². The van der Waals surface area contributed by atoms with Crippen LogP contribution in [0.2, 0.25) is 5.02 Å². The van der Waals surface area contributed by atoms with Gasteiger partial charge < -0.3 is 0 Å². The van der Waals surface area contributed by atoms with Crippen molar-refractivity contribution in [1.82, 2.24) is 10.9 Å². The van der Waals surface area contributed by atoms with E-state index >= 15 is 0 Å². The van der Waals surface area contributed by atoms with Gasteiger partial charge in [0.1, 0.15) is 0 Å². The first kappa shape index (κ1) is 10.1. The van der Waals surface area contributed by atoms with E-state index in [2.05, 4.69) is 10.9 Å². The van der Waals surface area contributed by atoms with Crippen LogP contribution in [0.3, 0.4) is 0 Å². The van der Waals surface area contributed by atoms with Gasteiger partial charge in [-0.3, -0.25) is 20.4 Å². The molecule has 2 aromatic rings. The summed E-state index contributed by atoms with van der Waals surface area (Å²) in [5.41, 5.74) is 5.56. The maximum atomic E-state index is 11.8. The van der Waals surface area contributed by atoms with E-state index in [0.29, 0.717) is 26.9 Å². The van der Waals surface area contributed by atoms with E-state index in [1.165, 1.54) is 0 Å². The fourth-order valence-corrected chi connectivity index (χ4v) is 2.22. The summed E-state index contributed by atoms with van der Waals surface area (Å²) in [6.07, 6.45) is 0. The zero-order valence-electron chi connectivity index (χ0n) is 8.58. The average molecular weight is 247 g/mol. The molecule has 0 aromatic heterocycles. The summed E-state index contributed by atoms with van der Waals surface area (Å²) in [5.74, 6) is -0.685. The Labute approximate surface area is 102 Å². The van der Waals surface area contributed by atoms with Crippen LogP contribution < -0.4 is 10.9 Å². The minimum Gasteiger partial charge on any atom is -0.267 e. The van der Waals surface area contributed by atoms with Crippen molar-refractivity contribution in [1.29, 1.82) is 0 Å². The smallest absolute Gasteiger partial charge is 0.267 e. The van der Waals surface area contributed by atoms with Crippen molar-refractivity contribution in [2.24, 2.45) is 0 Å². The Hall–Kier alpha value is -2.07. The Morgan fingerprint density at radius 2 is 1.53 bits per heavy atom. The predicted octanol–water partition coefficient (Wildman–Crippen LogP) is 1.88. The summed E-state index contributed by atoms with van der Waals surface area (Å²) in [5, 5.41) is 1.81. The van der Waals surface area contributed by atoms with Crippen LogP contribution in [0.15, 0.2) is 30.3 Å². The van der Waals surface area contributed by atoms with Crippen LogP contribution in [0.5, 0.6) is 0 Å². The van der Waals surface area contributed by atoms with Gasteiger partial charge in [-0.15, -0.1) is 0 Å². The number of carbonyl (C=O) groups excluding carboxylic acids is 2. The van der Waals surface area contributed by atoms with E-state index in [1.807, 2.05) is 0 Å². The highest BCUT2D eigenvalue weighted by molar-refractivity contribution is 6.37. The van der Waals surface area contributed by atoms with Crippen molar-refractivity contribution < 1.29 is 9.59 Å². The van der Waals surface area contributed by atoms with Crippen molar-refractivity contribution in [3.05, 3.63) is 46.5 Å². The molecule has 0 fully saturated rings. The first-order valence-corrected chi connectivity index (χ1v) is 5.38. The third kappa shape index (κ3) is 1.38. The maximum Gasteiger partial charge on any atom is 0.270 e. The number of hydrogen-bond donors (Lipinski definition) is 2. The van der Waals surface area contributed by atoms with Crippen LogP contribution in [0.25, 0.3) is 10.8 Å². The molecule has 17 heavy (non-hydrogen) atoms. The topological polar surface area (TPSA) is 58.2 Å². The molecule has 0 saturated carbocycles. The lowest BCUT2D eigenvalue weighted by molar-refractivity contribution is 0.0854. The minimum atomic E-state index is -0.343. The molecule has 84 valence electrons. The SMILES string of the molecule is O=C1NNC(=O)c2ccc(Cl)c3cccc1c23. The number of halogens is 1. The first-order valence-electron chi connectivity index (χ1n) is 5.00. The largest absolute Gasteiger partial charge is 0.270 e. The molecule has 0 saturated heterocycles. The molecule has 3 rings (SSSR count). The Bertz CT molecular complexity index is 645. The van der Waals surface area contributed by atoms with Gasteiger partial charge in [-0.25, -0.2) is 0 Å². The number of benzene rings is 2. The van der Waals surface area contributed by atoms with Crippen molar-refractivity contribution in [2.75, 3.05) is 0 Å². The molecule has 0 bridgehead atoms. The molecule has 1 aliphatic rings. The molecule has 0 aliphatic carbocycles. The van der Waals surface area contributed by atoms with Crippen LogP contribution in [-0.2, 0) is 0 Å². The minimum absolute atomic E-state index is 0.343. The van der Waals surface area contributed by atoms with Gasteiger partial charge in [0.2, 0.25) is 0 Å². The van der Waals surface area contributed by atoms with Crippen LogP contribution in [0.4, 0.5) is 0 Å². The second kappa shape index (κ2) is 3.46. The summed E-state index contributed by atoms with van der Waals surface area (Å²) >= 11 is 6.07. The number of carbonyl (C=O) groups is 2. The number of hydrogen-bond acceptors (Lipinski definition) is 2. The zero-order chi connectivity index (χ0) is 12.0. The fourth-order valence-electron chi connectivity index (χ4n) is 2.00. The lowest BCUT2D eigenvalue weighted by atomic mass is 9.99. The highest BCUT2D eigenvalue weighted by Crippen LogP contribution is 2.30. The van der Waals surface area contributed by atoms with E-state index in [-0.39, 0.29) is 11.8 Å². The quantitative estimate of drug-likeness (QED) is 0.746. The average Bonchev–Trinajstić information content (AvgIpc) is 2.46. The van der Waals surface area contributed by atoms with E-state index in [1.54, 1.807) is 30.3 Å². The lowest BCUT2D eigenvalue weighted by Gasteiger charge is -2.06. The molecule has 0 atom stereocenters. The summed E-state index contributed by atoms with van der Waals surface area (Å²) in [6, 6.07) is 8.46. The number of hydrazine groups is 1. The van der Waals surface area contributed by atoms with Crippen LogP contribution in [0, 0.1) is 0 Å². The third-order valence-corrected chi connectivity index (χ3v) is 3.10. The van der Waals surface area contributed by atoms with E-state index < -0.39 is 0 Å². The van der Waals surface area contributed by atoms with Crippen LogP contribution in [-0.4, -0.2) is 11.8 Å². The van der Waals surface area contributed by atoms with E-state index in [4.69, 9.17) is 11.6 Å². The highest BCUT2D eigenvalue weighted by Gasteiger charge is 2.22. The third-order valence-electron chi connectivity index (χ3n) is 2.77. The molecular weight excluding hydrogens is 240 g/mol. The normalized spacial score (nSPS) is 14.2. The fraction of sp³-hybridized carbons (Fsp3) is 0. The molecule has 1 aliphatic heterocycles.